The molecule has 1 aromatic carbocycles. The molecule has 2 unspecified atom stereocenters. The molecule has 6 rings (SSSR count). The van der Waals surface area contributed by atoms with Crippen molar-refractivity contribution in [1.82, 2.24) is 19.9 Å². The molecule has 0 amide bonds. The van der Waals surface area contributed by atoms with Gasteiger partial charge in [0.15, 0.2) is 5.65 Å². The number of likely N-dealkylation sites (tertiary alicyclic amines) is 1. The van der Waals surface area contributed by atoms with Crippen LogP contribution >= 0.6 is 0 Å². The highest BCUT2D eigenvalue weighted by atomic mass is 16.5. The number of morpholine rings is 1. The molecule has 10 heteroatoms. The van der Waals surface area contributed by atoms with Gasteiger partial charge in [-0.3, -0.25) is 0 Å². The number of β-amino-alcohol motifs (C(OH)–C–C–N with tert-alkyl or cyclic N) is 1. The molecule has 39 heavy (non-hydrogen) atoms. The van der Waals surface area contributed by atoms with E-state index in [4.69, 9.17) is 24.4 Å². The van der Waals surface area contributed by atoms with Gasteiger partial charge in [-0.1, -0.05) is 0 Å². The van der Waals surface area contributed by atoms with Crippen LogP contribution in [0.1, 0.15) is 18.9 Å². The highest BCUT2D eigenvalue weighted by Crippen LogP contribution is 2.36. The van der Waals surface area contributed by atoms with Gasteiger partial charge in [-0.25, -0.2) is 4.98 Å². The Morgan fingerprint density at radius 3 is 2.69 bits per heavy atom. The van der Waals surface area contributed by atoms with Gasteiger partial charge in [-0.2, -0.15) is 9.97 Å². The molecule has 208 valence electrons. The van der Waals surface area contributed by atoms with E-state index in [1.54, 1.807) is 7.11 Å². The average molecular weight is 535 g/mol. The van der Waals surface area contributed by atoms with E-state index in [0.717, 1.165) is 79.7 Å². The molecule has 2 aromatic heterocycles. The second-order valence-corrected chi connectivity index (χ2v) is 11.0. The predicted octanol–water partition coefficient (Wildman–Crippen LogP) is 2.17. The molecule has 0 bridgehead atoms. The summed E-state index contributed by atoms with van der Waals surface area (Å²) in [6.07, 6.45) is 1.13. The van der Waals surface area contributed by atoms with Crippen LogP contribution in [0.25, 0.3) is 22.3 Å². The number of anilines is 2. The maximum absolute atomic E-state index is 9.83. The SMILES string of the molecule is COc1ccc(-c2ccc3c(N4CCOC[C@@H]4C)nc(N4CC5CCN(CCO)CC5C4)nc3n2)cc1CO. The summed E-state index contributed by atoms with van der Waals surface area (Å²) < 4.78 is 11.1. The van der Waals surface area contributed by atoms with E-state index >= 15 is 0 Å². The van der Waals surface area contributed by atoms with Crippen molar-refractivity contribution in [1.29, 1.82) is 0 Å². The first-order valence-corrected chi connectivity index (χ1v) is 14.0. The van der Waals surface area contributed by atoms with Crippen LogP contribution in [0.3, 0.4) is 0 Å². The van der Waals surface area contributed by atoms with Gasteiger partial charge in [0.05, 0.1) is 50.7 Å². The van der Waals surface area contributed by atoms with E-state index in [1.165, 1.54) is 0 Å². The van der Waals surface area contributed by atoms with E-state index < -0.39 is 0 Å². The number of hydrogen-bond acceptors (Lipinski definition) is 10. The molecule has 3 fully saturated rings. The Balaban J connectivity index is 1.39. The van der Waals surface area contributed by atoms with Gasteiger partial charge in [0, 0.05) is 43.9 Å². The Morgan fingerprint density at radius 1 is 1.03 bits per heavy atom. The number of ether oxygens (including phenoxy) is 2. The number of aromatic nitrogens is 3. The van der Waals surface area contributed by atoms with Crippen molar-refractivity contribution in [3.8, 4) is 17.0 Å². The zero-order chi connectivity index (χ0) is 26.9. The number of fused-ring (bicyclic) bond motifs is 2. The van der Waals surface area contributed by atoms with Crippen molar-refractivity contribution in [2.75, 3.05) is 76.0 Å². The lowest BCUT2D eigenvalue weighted by Gasteiger charge is -2.35. The number of benzene rings is 1. The molecule has 0 radical (unpaired) electrons. The molecule has 0 spiro atoms. The zero-order valence-corrected chi connectivity index (χ0v) is 22.8. The highest BCUT2D eigenvalue weighted by Gasteiger charge is 2.38. The second kappa shape index (κ2) is 11.2. The Morgan fingerprint density at radius 2 is 1.90 bits per heavy atom. The maximum atomic E-state index is 9.83. The molecular formula is C29H38N6O4. The van der Waals surface area contributed by atoms with E-state index in [2.05, 4.69) is 27.7 Å². The topological polar surface area (TPSA) is 107 Å². The van der Waals surface area contributed by atoms with Crippen molar-refractivity contribution >= 4 is 22.8 Å². The van der Waals surface area contributed by atoms with Gasteiger partial charge in [0.25, 0.3) is 0 Å². The normalized spacial score (nSPS) is 23.8. The highest BCUT2D eigenvalue weighted by molar-refractivity contribution is 5.90. The Kier molecular flexibility index (Phi) is 7.53. The third kappa shape index (κ3) is 5.14. The van der Waals surface area contributed by atoms with Crippen molar-refractivity contribution in [2.45, 2.75) is 26.0 Å². The Hall–Kier alpha value is -3.05. The van der Waals surface area contributed by atoms with Crippen molar-refractivity contribution in [3.63, 3.8) is 0 Å². The first kappa shape index (κ1) is 26.2. The summed E-state index contributed by atoms with van der Waals surface area (Å²) >= 11 is 0. The molecule has 5 heterocycles. The first-order valence-electron chi connectivity index (χ1n) is 14.0. The maximum Gasteiger partial charge on any atom is 0.229 e. The molecule has 0 aliphatic carbocycles. The van der Waals surface area contributed by atoms with Crippen LogP contribution in [0.4, 0.5) is 11.8 Å². The summed E-state index contributed by atoms with van der Waals surface area (Å²) in [6, 6.07) is 10.0. The molecule has 3 aromatic rings. The monoisotopic (exact) mass is 534 g/mol. The van der Waals surface area contributed by atoms with Gasteiger partial charge in [0.2, 0.25) is 5.95 Å². The van der Waals surface area contributed by atoms with Crippen molar-refractivity contribution in [3.05, 3.63) is 35.9 Å². The molecule has 3 saturated heterocycles. The minimum Gasteiger partial charge on any atom is -0.496 e. The molecule has 0 saturated carbocycles. The minimum absolute atomic E-state index is 0.108. The van der Waals surface area contributed by atoms with Gasteiger partial charge in [0.1, 0.15) is 11.6 Å². The summed E-state index contributed by atoms with van der Waals surface area (Å²) in [6.45, 7) is 9.01. The number of aliphatic hydroxyl groups is 2. The Labute approximate surface area is 229 Å². The van der Waals surface area contributed by atoms with Gasteiger partial charge < -0.3 is 34.4 Å². The second-order valence-electron chi connectivity index (χ2n) is 11.0. The average Bonchev–Trinajstić information content (AvgIpc) is 3.40. The largest absolute Gasteiger partial charge is 0.496 e. The first-order chi connectivity index (χ1) is 19.1. The standard InChI is InChI=1S/C29H38N6O4/c1-19-18-39-12-10-35(19)28-24-4-5-25(20-3-6-26(38-2)22(13-20)17-37)30-27(24)31-29(32-28)34-15-21-7-8-33(9-11-36)14-23(21)16-34/h3-6,13,19,21,23,36-37H,7-12,14-18H2,1-2H3/t19-,21?,23?/m0/s1. The quantitative estimate of drug-likeness (QED) is 0.468. The third-order valence-electron chi connectivity index (χ3n) is 8.50. The molecule has 3 aliphatic heterocycles. The van der Waals surface area contributed by atoms with E-state index in [9.17, 15) is 10.2 Å². The number of pyridine rings is 1. The molecule has 10 nitrogen and oxygen atoms in total. The van der Waals surface area contributed by atoms with Gasteiger partial charge in [-0.05, 0) is 62.1 Å². The van der Waals surface area contributed by atoms with Crippen LogP contribution in [-0.4, -0.2) is 102 Å². The number of rotatable bonds is 7. The van der Waals surface area contributed by atoms with Crippen LogP contribution in [-0.2, 0) is 11.3 Å². The minimum atomic E-state index is -0.108. The summed E-state index contributed by atoms with van der Waals surface area (Å²) in [7, 11) is 1.60. The summed E-state index contributed by atoms with van der Waals surface area (Å²) in [5, 5.41) is 20.2. The molecule has 3 atom stereocenters. The van der Waals surface area contributed by atoms with Crippen LogP contribution in [0.5, 0.6) is 5.75 Å². The summed E-state index contributed by atoms with van der Waals surface area (Å²) in [5.74, 6) is 3.46. The van der Waals surface area contributed by atoms with Gasteiger partial charge in [-0.15, -0.1) is 0 Å². The van der Waals surface area contributed by atoms with Crippen molar-refractivity contribution in [2.24, 2.45) is 11.8 Å². The van der Waals surface area contributed by atoms with Crippen LogP contribution in [0.15, 0.2) is 30.3 Å². The number of aliphatic hydroxyl groups excluding tert-OH is 2. The smallest absolute Gasteiger partial charge is 0.229 e. The molecule has 2 N–H and O–H groups in total. The zero-order valence-electron chi connectivity index (χ0n) is 22.8. The summed E-state index contributed by atoms with van der Waals surface area (Å²) in [4.78, 5) is 22.2. The lowest BCUT2D eigenvalue weighted by molar-refractivity contribution is 0.0987. The van der Waals surface area contributed by atoms with Crippen molar-refractivity contribution < 1.29 is 19.7 Å². The Bertz CT molecular complexity index is 1320. The van der Waals surface area contributed by atoms with Gasteiger partial charge >= 0.3 is 0 Å². The van der Waals surface area contributed by atoms with Crippen LogP contribution in [0, 0.1) is 11.8 Å². The fourth-order valence-corrected chi connectivity index (χ4v) is 6.36. The predicted molar refractivity (Wildman–Crippen MR) is 150 cm³/mol. The lowest BCUT2D eigenvalue weighted by Crippen LogP contribution is -2.44. The fraction of sp³-hybridized carbons (Fsp3) is 0.552. The molecule has 3 aliphatic rings. The third-order valence-corrected chi connectivity index (χ3v) is 8.50. The van der Waals surface area contributed by atoms with E-state index in [0.29, 0.717) is 36.4 Å². The number of piperidine rings is 1. The summed E-state index contributed by atoms with van der Waals surface area (Å²) in [5.41, 5.74) is 3.09. The number of nitrogens with zero attached hydrogens (tertiary/aromatic N) is 6. The van der Waals surface area contributed by atoms with E-state index in [-0.39, 0.29) is 19.3 Å². The fourth-order valence-electron chi connectivity index (χ4n) is 6.36. The number of hydrogen-bond donors (Lipinski definition) is 2. The molecular weight excluding hydrogens is 496 g/mol. The number of methoxy groups -OCH3 is 1. The van der Waals surface area contributed by atoms with E-state index in [1.807, 2.05) is 24.3 Å². The van der Waals surface area contributed by atoms with Crippen LogP contribution < -0.4 is 14.5 Å². The van der Waals surface area contributed by atoms with Crippen LogP contribution in [0.2, 0.25) is 0 Å². The lowest BCUT2D eigenvalue weighted by atomic mass is 9.89.